The summed E-state index contributed by atoms with van der Waals surface area (Å²) >= 11 is 0. The predicted molar refractivity (Wildman–Crippen MR) is 75.4 cm³/mol. The van der Waals surface area contributed by atoms with Gasteiger partial charge in [0.1, 0.15) is 12.0 Å². The monoisotopic (exact) mass is 295 g/mol. The maximum Gasteiger partial charge on any atom is 0.288 e. The first-order valence-electron chi connectivity index (χ1n) is 6.55. The first-order chi connectivity index (χ1) is 10.1. The standard InChI is InChI=1S/C12H17N5O4/c13-11(15-19)10-5-9(17(20)21)6-14-12(10)16-3-1-8(7-16)2-4-18/h5-6,8,18-19H,1-4,7H2,(H2,13,15). The molecule has 0 aliphatic carbocycles. The van der Waals surface area contributed by atoms with E-state index in [2.05, 4.69) is 10.1 Å². The van der Waals surface area contributed by atoms with Crippen LogP contribution in [-0.2, 0) is 0 Å². The van der Waals surface area contributed by atoms with Crippen molar-refractivity contribution in [2.45, 2.75) is 12.8 Å². The van der Waals surface area contributed by atoms with Gasteiger partial charge in [0.15, 0.2) is 5.84 Å². The molecule has 9 nitrogen and oxygen atoms in total. The highest BCUT2D eigenvalue weighted by atomic mass is 16.6. The Morgan fingerprint density at radius 2 is 2.43 bits per heavy atom. The molecule has 0 amide bonds. The smallest absolute Gasteiger partial charge is 0.288 e. The number of anilines is 1. The zero-order chi connectivity index (χ0) is 15.4. The van der Waals surface area contributed by atoms with Gasteiger partial charge in [0.25, 0.3) is 5.69 Å². The fourth-order valence-electron chi connectivity index (χ4n) is 2.48. The lowest BCUT2D eigenvalue weighted by Gasteiger charge is -2.20. The zero-order valence-corrected chi connectivity index (χ0v) is 11.3. The number of aromatic nitrogens is 1. The summed E-state index contributed by atoms with van der Waals surface area (Å²) in [7, 11) is 0. The van der Waals surface area contributed by atoms with Crippen molar-refractivity contribution >= 4 is 17.3 Å². The number of pyridine rings is 1. The Kier molecular flexibility index (Phi) is 4.53. The van der Waals surface area contributed by atoms with Gasteiger partial charge in [0.2, 0.25) is 0 Å². The van der Waals surface area contributed by atoms with E-state index in [9.17, 15) is 10.1 Å². The molecule has 1 unspecified atom stereocenters. The van der Waals surface area contributed by atoms with Crippen LogP contribution in [0.15, 0.2) is 17.4 Å². The van der Waals surface area contributed by atoms with Crippen molar-refractivity contribution in [3.8, 4) is 0 Å². The molecule has 114 valence electrons. The Balaban J connectivity index is 2.33. The topological polar surface area (TPSA) is 138 Å². The summed E-state index contributed by atoms with van der Waals surface area (Å²) in [5.41, 5.74) is 5.61. The van der Waals surface area contributed by atoms with Crippen molar-refractivity contribution in [3.63, 3.8) is 0 Å². The Bertz CT molecular complexity index is 563. The minimum atomic E-state index is -0.580. The third-order valence-corrected chi connectivity index (χ3v) is 3.57. The van der Waals surface area contributed by atoms with Gasteiger partial charge in [-0.25, -0.2) is 4.98 Å². The Hall–Kier alpha value is -2.42. The average molecular weight is 295 g/mol. The lowest BCUT2D eigenvalue weighted by molar-refractivity contribution is -0.385. The molecule has 0 spiro atoms. The molecule has 0 saturated carbocycles. The van der Waals surface area contributed by atoms with Crippen LogP contribution in [0.5, 0.6) is 0 Å². The summed E-state index contributed by atoms with van der Waals surface area (Å²) in [5, 5.41) is 31.5. The van der Waals surface area contributed by atoms with Crippen LogP contribution in [0.3, 0.4) is 0 Å². The highest BCUT2D eigenvalue weighted by Gasteiger charge is 2.27. The van der Waals surface area contributed by atoms with Crippen LogP contribution in [0.4, 0.5) is 11.5 Å². The van der Waals surface area contributed by atoms with Crippen LogP contribution in [0.2, 0.25) is 0 Å². The van der Waals surface area contributed by atoms with Crippen LogP contribution in [0, 0.1) is 16.0 Å². The molecular weight excluding hydrogens is 278 g/mol. The molecule has 4 N–H and O–H groups in total. The van der Waals surface area contributed by atoms with E-state index in [-0.39, 0.29) is 23.7 Å². The second-order valence-electron chi connectivity index (χ2n) is 4.92. The van der Waals surface area contributed by atoms with E-state index in [0.717, 1.165) is 12.6 Å². The van der Waals surface area contributed by atoms with Crippen molar-refractivity contribution in [1.82, 2.24) is 4.98 Å². The number of aliphatic hydroxyl groups is 1. The van der Waals surface area contributed by atoms with Crippen molar-refractivity contribution < 1.29 is 15.2 Å². The molecule has 9 heteroatoms. The number of hydrogen-bond acceptors (Lipinski definition) is 7. The maximum absolute atomic E-state index is 10.8. The van der Waals surface area contributed by atoms with E-state index in [1.807, 2.05) is 4.90 Å². The number of nitrogens with two attached hydrogens (primary N) is 1. The molecule has 1 aliphatic rings. The molecule has 2 heterocycles. The first-order valence-corrected chi connectivity index (χ1v) is 6.55. The maximum atomic E-state index is 10.8. The Morgan fingerprint density at radius 1 is 1.67 bits per heavy atom. The first kappa shape index (κ1) is 15.0. The average Bonchev–Trinajstić information content (AvgIpc) is 2.94. The Morgan fingerprint density at radius 3 is 3.05 bits per heavy atom. The second-order valence-corrected chi connectivity index (χ2v) is 4.92. The Labute approximate surface area is 120 Å². The number of nitrogens with zero attached hydrogens (tertiary/aromatic N) is 4. The third kappa shape index (κ3) is 3.19. The van der Waals surface area contributed by atoms with Crippen LogP contribution < -0.4 is 10.6 Å². The van der Waals surface area contributed by atoms with Crippen LogP contribution in [0.1, 0.15) is 18.4 Å². The zero-order valence-electron chi connectivity index (χ0n) is 11.3. The second kappa shape index (κ2) is 6.35. The van der Waals surface area contributed by atoms with E-state index in [4.69, 9.17) is 16.0 Å². The minimum Gasteiger partial charge on any atom is -0.409 e. The van der Waals surface area contributed by atoms with Gasteiger partial charge >= 0.3 is 0 Å². The molecule has 1 atom stereocenters. The number of nitro groups is 1. The molecule has 1 aromatic rings. The summed E-state index contributed by atoms with van der Waals surface area (Å²) in [6, 6.07) is 1.25. The largest absolute Gasteiger partial charge is 0.409 e. The van der Waals surface area contributed by atoms with Gasteiger partial charge in [-0.15, -0.1) is 0 Å². The number of rotatable bonds is 5. The highest BCUT2D eigenvalue weighted by molar-refractivity contribution is 6.02. The fourth-order valence-corrected chi connectivity index (χ4v) is 2.48. The van der Waals surface area contributed by atoms with E-state index in [1.54, 1.807) is 0 Å². The summed E-state index contributed by atoms with van der Waals surface area (Å²) in [6.07, 6.45) is 2.75. The summed E-state index contributed by atoms with van der Waals surface area (Å²) in [5.74, 6) is 0.579. The third-order valence-electron chi connectivity index (χ3n) is 3.57. The lowest BCUT2D eigenvalue weighted by atomic mass is 10.1. The normalized spacial score (nSPS) is 19.0. The molecule has 0 radical (unpaired) electrons. The molecule has 0 aromatic carbocycles. The number of amidine groups is 1. The summed E-state index contributed by atoms with van der Waals surface area (Å²) < 4.78 is 0. The van der Waals surface area contributed by atoms with Crippen molar-refractivity contribution in [1.29, 1.82) is 0 Å². The number of oxime groups is 1. The van der Waals surface area contributed by atoms with Gasteiger partial charge in [-0.1, -0.05) is 5.16 Å². The van der Waals surface area contributed by atoms with Crippen LogP contribution in [-0.4, -0.2) is 45.8 Å². The van der Waals surface area contributed by atoms with Crippen molar-refractivity contribution in [2.24, 2.45) is 16.8 Å². The highest BCUT2D eigenvalue weighted by Crippen LogP contribution is 2.28. The molecular formula is C12H17N5O4. The fraction of sp³-hybridized carbons (Fsp3) is 0.500. The van der Waals surface area contributed by atoms with Gasteiger partial charge in [0.05, 0.1) is 10.5 Å². The number of aliphatic hydroxyl groups excluding tert-OH is 1. The predicted octanol–water partition coefficient (Wildman–Crippen LogP) is 0.293. The van der Waals surface area contributed by atoms with E-state index < -0.39 is 4.92 Å². The SMILES string of the molecule is N/C(=N/O)c1cc([N+](=O)[O-])cnc1N1CCC(CCO)C1. The molecule has 1 saturated heterocycles. The molecule has 0 bridgehead atoms. The summed E-state index contributed by atoms with van der Waals surface area (Å²) in [6.45, 7) is 1.51. The van der Waals surface area contributed by atoms with E-state index >= 15 is 0 Å². The van der Waals surface area contributed by atoms with Gasteiger partial charge in [-0.2, -0.15) is 0 Å². The van der Waals surface area contributed by atoms with Crippen LogP contribution in [0.25, 0.3) is 0 Å². The minimum absolute atomic E-state index is 0.124. The lowest BCUT2D eigenvalue weighted by Crippen LogP contribution is -2.26. The van der Waals surface area contributed by atoms with Crippen molar-refractivity contribution in [2.75, 3.05) is 24.6 Å². The van der Waals surface area contributed by atoms with E-state index in [0.29, 0.717) is 31.2 Å². The van der Waals surface area contributed by atoms with Crippen molar-refractivity contribution in [3.05, 3.63) is 27.9 Å². The molecule has 1 aromatic heterocycles. The molecule has 1 aliphatic heterocycles. The quantitative estimate of drug-likeness (QED) is 0.233. The van der Waals surface area contributed by atoms with Gasteiger partial charge in [-0.05, 0) is 18.8 Å². The van der Waals surface area contributed by atoms with Gasteiger partial charge in [-0.3, -0.25) is 10.1 Å². The van der Waals surface area contributed by atoms with E-state index in [1.165, 1.54) is 6.07 Å². The molecule has 1 fully saturated rings. The van der Waals surface area contributed by atoms with Crippen LogP contribution >= 0.6 is 0 Å². The molecule has 2 rings (SSSR count). The van der Waals surface area contributed by atoms with Gasteiger partial charge < -0.3 is 20.9 Å². The summed E-state index contributed by atoms with van der Waals surface area (Å²) in [4.78, 5) is 16.3. The van der Waals surface area contributed by atoms with Gasteiger partial charge in [0, 0.05) is 25.8 Å². The molecule has 21 heavy (non-hydrogen) atoms. The number of hydrogen-bond donors (Lipinski definition) is 3.